The van der Waals surface area contributed by atoms with E-state index in [1.807, 2.05) is 13.8 Å². The van der Waals surface area contributed by atoms with Gasteiger partial charge in [0.25, 0.3) is 0 Å². The van der Waals surface area contributed by atoms with E-state index in [0.717, 1.165) is 5.75 Å². The van der Waals surface area contributed by atoms with Crippen LogP contribution in [0.4, 0.5) is 0 Å². The van der Waals surface area contributed by atoms with E-state index in [2.05, 4.69) is 13.2 Å². The first-order valence-corrected chi connectivity index (χ1v) is 5.30. The van der Waals surface area contributed by atoms with Crippen molar-refractivity contribution in [3.8, 4) is 0 Å². The van der Waals surface area contributed by atoms with E-state index >= 15 is 0 Å². The second kappa shape index (κ2) is 5.01. The second-order valence-electron chi connectivity index (χ2n) is 3.25. The molecule has 0 aromatic heterocycles. The first-order chi connectivity index (χ1) is 5.04. The van der Waals surface area contributed by atoms with Crippen molar-refractivity contribution < 1.29 is 4.74 Å². The molecule has 2 N–H and O–H groups in total. The molecule has 1 atom stereocenters. The minimum Gasteiger partial charge on any atom is -0.370 e. The lowest BCUT2D eigenvalue weighted by molar-refractivity contribution is -0.0454. The molecule has 0 amide bonds. The summed E-state index contributed by atoms with van der Waals surface area (Å²) in [6.45, 7) is 6.72. The predicted octanol–water partition coefficient (Wildman–Crippen LogP) is 1.49. The highest BCUT2D eigenvalue weighted by Crippen LogP contribution is 2.16. The van der Waals surface area contributed by atoms with Gasteiger partial charge in [0.2, 0.25) is 0 Å². The molecule has 2 nitrogen and oxygen atoms in total. The van der Waals surface area contributed by atoms with Gasteiger partial charge >= 0.3 is 0 Å². The standard InChI is InChI=1S/C8H19NOS/c1-7(2)10-8(3,5-9)6-11-4/h7H,5-6,9H2,1-4H3. The third-order valence-electron chi connectivity index (χ3n) is 1.40. The maximum absolute atomic E-state index is 5.68. The molecule has 1 unspecified atom stereocenters. The number of hydrogen-bond donors (Lipinski definition) is 1. The van der Waals surface area contributed by atoms with Crippen LogP contribution in [-0.4, -0.2) is 30.3 Å². The Morgan fingerprint density at radius 1 is 1.55 bits per heavy atom. The van der Waals surface area contributed by atoms with Crippen molar-refractivity contribution in [3.63, 3.8) is 0 Å². The zero-order valence-corrected chi connectivity index (χ0v) is 8.70. The van der Waals surface area contributed by atoms with Crippen LogP contribution < -0.4 is 5.73 Å². The number of ether oxygens (including phenoxy) is 1. The van der Waals surface area contributed by atoms with Crippen LogP contribution in [0.5, 0.6) is 0 Å². The van der Waals surface area contributed by atoms with Crippen molar-refractivity contribution in [1.82, 2.24) is 0 Å². The monoisotopic (exact) mass is 177 g/mol. The number of thioether (sulfide) groups is 1. The molecule has 11 heavy (non-hydrogen) atoms. The Kier molecular flexibility index (Phi) is 5.13. The minimum absolute atomic E-state index is 0.145. The summed E-state index contributed by atoms with van der Waals surface area (Å²) in [5.41, 5.74) is 5.46. The van der Waals surface area contributed by atoms with Crippen molar-refractivity contribution >= 4 is 11.8 Å². The molecule has 0 fully saturated rings. The summed E-state index contributed by atoms with van der Waals surface area (Å²) in [6.07, 6.45) is 2.33. The molecule has 0 aliphatic rings. The van der Waals surface area contributed by atoms with E-state index in [9.17, 15) is 0 Å². The average molecular weight is 177 g/mol. The van der Waals surface area contributed by atoms with E-state index in [1.165, 1.54) is 0 Å². The van der Waals surface area contributed by atoms with Gasteiger partial charge in [0.15, 0.2) is 0 Å². The van der Waals surface area contributed by atoms with Crippen LogP contribution in [0.25, 0.3) is 0 Å². The average Bonchev–Trinajstić information content (AvgIpc) is 1.87. The van der Waals surface area contributed by atoms with Crippen LogP contribution in [0.1, 0.15) is 20.8 Å². The number of rotatable bonds is 5. The van der Waals surface area contributed by atoms with Gasteiger partial charge in [0, 0.05) is 12.3 Å². The molecule has 0 aromatic rings. The number of hydrogen-bond acceptors (Lipinski definition) is 3. The van der Waals surface area contributed by atoms with Crippen LogP contribution in [0.3, 0.4) is 0 Å². The van der Waals surface area contributed by atoms with Gasteiger partial charge in [-0.05, 0) is 27.0 Å². The van der Waals surface area contributed by atoms with Gasteiger partial charge in [0.1, 0.15) is 0 Å². The molecule has 0 rings (SSSR count). The molecule has 0 aliphatic heterocycles. The first-order valence-electron chi connectivity index (χ1n) is 3.91. The van der Waals surface area contributed by atoms with Crippen LogP contribution in [0.15, 0.2) is 0 Å². The topological polar surface area (TPSA) is 35.2 Å². The maximum Gasteiger partial charge on any atom is 0.0869 e. The third-order valence-corrected chi connectivity index (χ3v) is 2.30. The summed E-state index contributed by atoms with van der Waals surface area (Å²) >= 11 is 1.77. The van der Waals surface area contributed by atoms with Crippen molar-refractivity contribution in [2.75, 3.05) is 18.6 Å². The molecular weight excluding hydrogens is 158 g/mol. The highest BCUT2D eigenvalue weighted by atomic mass is 32.2. The fourth-order valence-corrected chi connectivity index (χ4v) is 1.81. The van der Waals surface area contributed by atoms with Crippen LogP contribution >= 0.6 is 11.8 Å². The molecule has 0 aliphatic carbocycles. The lowest BCUT2D eigenvalue weighted by Gasteiger charge is -2.29. The molecule has 3 heteroatoms. The van der Waals surface area contributed by atoms with Crippen molar-refractivity contribution in [1.29, 1.82) is 0 Å². The van der Waals surface area contributed by atoms with Crippen LogP contribution in [0, 0.1) is 0 Å². The van der Waals surface area contributed by atoms with Gasteiger partial charge in [-0.15, -0.1) is 0 Å². The van der Waals surface area contributed by atoms with Gasteiger partial charge in [-0.3, -0.25) is 0 Å². The zero-order chi connectivity index (χ0) is 8.91. The summed E-state index contributed by atoms with van der Waals surface area (Å²) in [4.78, 5) is 0. The highest BCUT2D eigenvalue weighted by molar-refractivity contribution is 7.98. The molecule has 0 aromatic carbocycles. The summed E-state index contributed by atoms with van der Waals surface area (Å²) < 4.78 is 5.68. The van der Waals surface area contributed by atoms with Crippen molar-refractivity contribution in [2.24, 2.45) is 5.73 Å². The van der Waals surface area contributed by atoms with E-state index in [1.54, 1.807) is 11.8 Å². The van der Waals surface area contributed by atoms with E-state index in [0.29, 0.717) is 6.54 Å². The highest BCUT2D eigenvalue weighted by Gasteiger charge is 2.23. The van der Waals surface area contributed by atoms with Gasteiger partial charge in [-0.25, -0.2) is 0 Å². The lowest BCUT2D eigenvalue weighted by Crippen LogP contribution is -2.42. The Labute approximate surface area is 73.9 Å². The molecule has 0 spiro atoms. The largest absolute Gasteiger partial charge is 0.370 e. The molecule has 68 valence electrons. The van der Waals surface area contributed by atoms with Gasteiger partial charge in [-0.1, -0.05) is 0 Å². The SMILES string of the molecule is CSCC(C)(CN)OC(C)C. The fourth-order valence-electron chi connectivity index (χ4n) is 1.02. The lowest BCUT2D eigenvalue weighted by atomic mass is 10.1. The summed E-state index contributed by atoms with van der Waals surface area (Å²) in [6, 6.07) is 0. The summed E-state index contributed by atoms with van der Waals surface area (Å²) in [7, 11) is 0. The predicted molar refractivity (Wildman–Crippen MR) is 52.1 cm³/mol. The normalized spacial score (nSPS) is 16.9. The number of nitrogens with two attached hydrogens (primary N) is 1. The van der Waals surface area contributed by atoms with E-state index < -0.39 is 0 Å². The summed E-state index contributed by atoms with van der Waals surface area (Å²) in [5.74, 6) is 0.960. The smallest absolute Gasteiger partial charge is 0.0869 e. The maximum atomic E-state index is 5.68. The molecule has 0 heterocycles. The van der Waals surface area contributed by atoms with Gasteiger partial charge in [-0.2, -0.15) is 11.8 Å². The van der Waals surface area contributed by atoms with Crippen LogP contribution in [0.2, 0.25) is 0 Å². The Hall–Kier alpha value is 0.270. The van der Waals surface area contributed by atoms with E-state index in [-0.39, 0.29) is 11.7 Å². The first kappa shape index (κ1) is 11.3. The second-order valence-corrected chi connectivity index (χ2v) is 4.12. The molecule has 0 radical (unpaired) electrons. The Morgan fingerprint density at radius 3 is 2.36 bits per heavy atom. The zero-order valence-electron chi connectivity index (χ0n) is 7.89. The van der Waals surface area contributed by atoms with Crippen molar-refractivity contribution in [2.45, 2.75) is 32.5 Å². The fraction of sp³-hybridized carbons (Fsp3) is 1.00. The molecular formula is C8H19NOS. The molecule has 0 bridgehead atoms. The van der Waals surface area contributed by atoms with Gasteiger partial charge in [0.05, 0.1) is 11.7 Å². The third kappa shape index (κ3) is 4.67. The Bertz CT molecular complexity index is 108. The van der Waals surface area contributed by atoms with Crippen molar-refractivity contribution in [3.05, 3.63) is 0 Å². The minimum atomic E-state index is -0.145. The quantitative estimate of drug-likeness (QED) is 0.691. The molecule has 0 saturated heterocycles. The van der Waals surface area contributed by atoms with Crippen LogP contribution in [-0.2, 0) is 4.74 Å². The summed E-state index contributed by atoms with van der Waals surface area (Å²) in [5, 5.41) is 0. The Morgan fingerprint density at radius 2 is 2.09 bits per heavy atom. The van der Waals surface area contributed by atoms with Gasteiger partial charge < -0.3 is 10.5 Å². The molecule has 0 saturated carbocycles. The van der Waals surface area contributed by atoms with E-state index in [4.69, 9.17) is 10.5 Å². The Balaban J connectivity index is 3.87.